The highest BCUT2D eigenvalue weighted by Crippen LogP contribution is 2.33. The highest BCUT2D eigenvalue weighted by Gasteiger charge is 2.34. The summed E-state index contributed by atoms with van der Waals surface area (Å²) < 4.78 is 53.8. The maximum absolute atomic E-state index is 12.5. The number of rotatable bonds is 5. The molecule has 28 heavy (non-hydrogen) atoms. The monoisotopic (exact) mass is 392 g/mol. The van der Waals surface area contributed by atoms with Crippen LogP contribution in [0.1, 0.15) is 18.4 Å². The van der Waals surface area contributed by atoms with E-state index in [1.807, 2.05) is 0 Å². The molecule has 146 valence electrons. The molecule has 4 rings (SSSR count). The second-order valence-electron chi connectivity index (χ2n) is 6.24. The molecule has 7 nitrogen and oxygen atoms in total. The van der Waals surface area contributed by atoms with Crippen LogP contribution >= 0.6 is 0 Å². The van der Waals surface area contributed by atoms with Crippen molar-refractivity contribution in [1.29, 1.82) is 0 Å². The first-order valence-electron chi connectivity index (χ1n) is 8.33. The van der Waals surface area contributed by atoms with Crippen molar-refractivity contribution in [3.63, 3.8) is 0 Å². The Morgan fingerprint density at radius 3 is 2.29 bits per heavy atom. The molecule has 0 atom stereocenters. The van der Waals surface area contributed by atoms with Gasteiger partial charge in [0.05, 0.1) is 18.0 Å². The van der Waals surface area contributed by atoms with Crippen LogP contribution in [0.3, 0.4) is 0 Å². The summed E-state index contributed by atoms with van der Waals surface area (Å²) in [6, 6.07) is 5.79. The SMILES string of the molecule is [O-]c1cc(-c2cnc(OC3CC(Oc4ccc(C(F)(F)F)cc4)C3)cn2)on1. The lowest BCUT2D eigenvalue weighted by molar-refractivity contribution is -0.277. The van der Waals surface area contributed by atoms with E-state index in [0.29, 0.717) is 30.2 Å². The third-order valence-electron chi connectivity index (χ3n) is 4.19. The highest BCUT2D eigenvalue weighted by molar-refractivity contribution is 5.51. The lowest BCUT2D eigenvalue weighted by Crippen LogP contribution is -2.41. The minimum Gasteiger partial charge on any atom is -0.856 e. The Morgan fingerprint density at radius 1 is 1.00 bits per heavy atom. The van der Waals surface area contributed by atoms with Crippen LogP contribution in [0.25, 0.3) is 11.5 Å². The number of aromatic nitrogens is 3. The Hall–Kier alpha value is -3.30. The van der Waals surface area contributed by atoms with Gasteiger partial charge in [0.25, 0.3) is 0 Å². The molecule has 0 aliphatic heterocycles. The third-order valence-corrected chi connectivity index (χ3v) is 4.19. The molecule has 1 saturated carbocycles. The summed E-state index contributed by atoms with van der Waals surface area (Å²) in [4.78, 5) is 8.21. The number of hydrogen-bond acceptors (Lipinski definition) is 7. The van der Waals surface area contributed by atoms with Gasteiger partial charge in [0.1, 0.15) is 23.7 Å². The number of halogens is 3. The summed E-state index contributed by atoms with van der Waals surface area (Å²) in [6.45, 7) is 0. The molecule has 0 bridgehead atoms. The van der Waals surface area contributed by atoms with Crippen LogP contribution in [0.2, 0.25) is 0 Å². The molecule has 1 aliphatic carbocycles. The normalized spacial score (nSPS) is 19.1. The molecule has 0 spiro atoms. The van der Waals surface area contributed by atoms with Gasteiger partial charge < -0.3 is 19.1 Å². The fourth-order valence-corrected chi connectivity index (χ4v) is 2.68. The van der Waals surface area contributed by atoms with E-state index in [-0.39, 0.29) is 18.0 Å². The van der Waals surface area contributed by atoms with Gasteiger partial charge in [-0.2, -0.15) is 13.2 Å². The van der Waals surface area contributed by atoms with Crippen LogP contribution in [0.5, 0.6) is 17.5 Å². The molecule has 0 unspecified atom stereocenters. The van der Waals surface area contributed by atoms with E-state index < -0.39 is 17.6 Å². The van der Waals surface area contributed by atoms with Crippen molar-refractivity contribution in [2.45, 2.75) is 31.2 Å². The largest absolute Gasteiger partial charge is 0.856 e. The fraction of sp³-hybridized carbons (Fsp3) is 0.278. The van der Waals surface area contributed by atoms with Gasteiger partial charge in [-0.05, 0) is 24.3 Å². The van der Waals surface area contributed by atoms with Crippen LogP contribution in [-0.2, 0) is 6.18 Å². The maximum atomic E-state index is 12.5. The summed E-state index contributed by atoms with van der Waals surface area (Å²) in [6.07, 6.45) is -0.666. The summed E-state index contributed by atoms with van der Waals surface area (Å²) >= 11 is 0. The van der Waals surface area contributed by atoms with E-state index in [1.165, 1.54) is 30.6 Å². The zero-order valence-electron chi connectivity index (χ0n) is 14.2. The van der Waals surface area contributed by atoms with Crippen LogP contribution < -0.4 is 14.6 Å². The Bertz CT molecular complexity index is 936. The highest BCUT2D eigenvalue weighted by atomic mass is 19.4. The molecule has 0 saturated heterocycles. The second-order valence-corrected chi connectivity index (χ2v) is 6.24. The van der Waals surface area contributed by atoms with Crippen LogP contribution in [0.15, 0.2) is 47.2 Å². The zero-order valence-corrected chi connectivity index (χ0v) is 14.2. The van der Waals surface area contributed by atoms with E-state index in [2.05, 4.69) is 15.1 Å². The van der Waals surface area contributed by atoms with Crippen molar-refractivity contribution in [2.75, 3.05) is 0 Å². The van der Waals surface area contributed by atoms with Crippen LogP contribution in [0, 0.1) is 0 Å². The van der Waals surface area contributed by atoms with E-state index >= 15 is 0 Å². The number of benzene rings is 1. The van der Waals surface area contributed by atoms with Gasteiger partial charge in [-0.1, -0.05) is 5.16 Å². The van der Waals surface area contributed by atoms with Crippen molar-refractivity contribution < 1.29 is 32.3 Å². The average Bonchev–Trinajstić information content (AvgIpc) is 3.06. The van der Waals surface area contributed by atoms with Gasteiger partial charge in [-0.25, -0.2) is 9.97 Å². The molecule has 1 aliphatic rings. The van der Waals surface area contributed by atoms with Gasteiger partial charge in [0.2, 0.25) is 5.88 Å². The Labute approximate surface area is 156 Å². The predicted molar refractivity (Wildman–Crippen MR) is 86.5 cm³/mol. The van der Waals surface area contributed by atoms with Crippen molar-refractivity contribution in [3.05, 3.63) is 48.3 Å². The summed E-state index contributed by atoms with van der Waals surface area (Å²) in [5.41, 5.74) is -0.354. The van der Waals surface area contributed by atoms with E-state index in [4.69, 9.17) is 14.0 Å². The second kappa shape index (κ2) is 7.02. The van der Waals surface area contributed by atoms with Gasteiger partial charge in [-0.15, -0.1) is 0 Å². The number of alkyl halides is 3. The maximum Gasteiger partial charge on any atom is 0.416 e. The molecular formula is C18H13F3N3O4-. The Kier molecular flexibility index (Phi) is 4.54. The minimum atomic E-state index is -4.37. The standard InChI is InChI=1S/C18H14F3N3O4/c19-18(20,21)10-1-3-11(4-2-10)26-12-5-13(6-12)27-17-9-22-14(8-23-17)15-7-16(25)24-28-15/h1-4,7-9,12-13H,5-6H2,(H,24,25)/p-1. The minimum absolute atomic E-state index is 0.127. The van der Waals surface area contributed by atoms with Crippen LogP contribution in [0.4, 0.5) is 13.2 Å². The first-order valence-corrected chi connectivity index (χ1v) is 8.33. The summed E-state index contributed by atoms with van der Waals surface area (Å²) in [5.74, 6) is 0.414. The molecule has 10 heteroatoms. The molecule has 2 heterocycles. The van der Waals surface area contributed by atoms with Crippen molar-refractivity contribution >= 4 is 0 Å². The molecule has 0 amide bonds. The lowest BCUT2D eigenvalue weighted by Gasteiger charge is -2.34. The number of hydrogen-bond donors (Lipinski definition) is 0. The molecule has 1 aromatic carbocycles. The number of ether oxygens (including phenoxy) is 2. The zero-order chi connectivity index (χ0) is 19.7. The quantitative estimate of drug-likeness (QED) is 0.658. The summed E-state index contributed by atoms with van der Waals surface area (Å²) in [5, 5.41) is 14.3. The van der Waals surface area contributed by atoms with Crippen molar-refractivity contribution in [1.82, 2.24) is 15.1 Å². The molecule has 2 aromatic heterocycles. The average molecular weight is 392 g/mol. The van der Waals surface area contributed by atoms with Gasteiger partial charge in [0, 0.05) is 24.8 Å². The first-order chi connectivity index (χ1) is 13.4. The predicted octanol–water partition coefficient (Wildman–Crippen LogP) is 3.21. The van der Waals surface area contributed by atoms with E-state index in [1.54, 1.807) is 0 Å². The van der Waals surface area contributed by atoms with Gasteiger partial charge in [-0.3, -0.25) is 0 Å². The van der Waals surface area contributed by atoms with Crippen molar-refractivity contribution in [3.8, 4) is 29.0 Å². The Morgan fingerprint density at radius 2 is 1.71 bits per heavy atom. The molecule has 0 N–H and O–H groups in total. The summed E-state index contributed by atoms with van der Waals surface area (Å²) in [7, 11) is 0. The van der Waals surface area contributed by atoms with Crippen LogP contribution in [-0.4, -0.2) is 27.3 Å². The lowest BCUT2D eigenvalue weighted by atomic mass is 9.92. The Balaban J connectivity index is 1.26. The topological polar surface area (TPSA) is 93.3 Å². The van der Waals surface area contributed by atoms with Gasteiger partial charge in [0.15, 0.2) is 5.76 Å². The molecule has 1 fully saturated rings. The smallest absolute Gasteiger partial charge is 0.416 e. The van der Waals surface area contributed by atoms with E-state index in [9.17, 15) is 18.3 Å². The molecule has 0 radical (unpaired) electrons. The van der Waals surface area contributed by atoms with Gasteiger partial charge >= 0.3 is 6.18 Å². The van der Waals surface area contributed by atoms with Crippen molar-refractivity contribution in [2.24, 2.45) is 0 Å². The van der Waals surface area contributed by atoms with E-state index in [0.717, 1.165) is 12.1 Å². The fourth-order valence-electron chi connectivity index (χ4n) is 2.68. The molecular weight excluding hydrogens is 379 g/mol. The molecule has 3 aromatic rings. The third kappa shape index (κ3) is 4.00. The first kappa shape index (κ1) is 18.1. The number of nitrogens with zero attached hydrogens (tertiary/aromatic N) is 3.